The van der Waals surface area contributed by atoms with E-state index in [1.165, 1.54) is 12.1 Å². The van der Waals surface area contributed by atoms with Gasteiger partial charge in [0.25, 0.3) is 0 Å². The topological polar surface area (TPSA) is 74.2 Å². The van der Waals surface area contributed by atoms with Crippen LogP contribution in [0, 0.1) is 12.7 Å². The number of hydrogen-bond donors (Lipinski definition) is 1. The number of carbonyl (C=O) groups is 1. The highest BCUT2D eigenvalue weighted by atomic mass is 35.5. The maximum atomic E-state index is 13.4. The zero-order valence-corrected chi connectivity index (χ0v) is 20.0. The number of amides is 2. The number of nitrogens with zero attached hydrogens (tertiary/aromatic N) is 5. The third-order valence-corrected chi connectivity index (χ3v) is 6.20. The zero-order chi connectivity index (χ0) is 24.4. The number of nitrogens with one attached hydrogen (secondary N) is 1. The molecule has 2 aromatic carbocycles. The lowest BCUT2D eigenvalue weighted by Crippen LogP contribution is -2.50. The van der Waals surface area contributed by atoms with Gasteiger partial charge in [-0.3, -0.25) is 0 Å². The molecule has 0 spiro atoms. The van der Waals surface area contributed by atoms with E-state index in [9.17, 15) is 9.18 Å². The van der Waals surface area contributed by atoms with Crippen LogP contribution in [0.1, 0.15) is 11.4 Å². The van der Waals surface area contributed by atoms with Crippen LogP contribution in [0.5, 0.6) is 0 Å². The van der Waals surface area contributed by atoms with E-state index in [0.29, 0.717) is 54.5 Å². The van der Waals surface area contributed by atoms with Crippen LogP contribution in [0.3, 0.4) is 0 Å². The fraction of sp³-hybridized carbons (Fsp3) is 0.231. The number of fused-ring (bicyclic) bond motifs is 1. The molecule has 9 heteroatoms. The average Bonchev–Trinajstić information content (AvgIpc) is 2.88. The van der Waals surface area contributed by atoms with Crippen molar-refractivity contribution in [2.45, 2.75) is 12.8 Å². The van der Waals surface area contributed by atoms with Gasteiger partial charge in [0.2, 0.25) is 0 Å². The van der Waals surface area contributed by atoms with Crippen LogP contribution in [-0.4, -0.2) is 52.1 Å². The molecule has 1 aliphatic rings. The van der Waals surface area contributed by atoms with Crippen molar-refractivity contribution >= 4 is 40.2 Å². The molecule has 0 radical (unpaired) electrons. The first-order valence-electron chi connectivity index (χ1n) is 11.4. The van der Waals surface area contributed by atoms with Crippen molar-refractivity contribution in [1.82, 2.24) is 19.9 Å². The smallest absolute Gasteiger partial charge is 0.321 e. The molecule has 4 aromatic rings. The van der Waals surface area contributed by atoms with E-state index in [0.717, 1.165) is 16.8 Å². The van der Waals surface area contributed by atoms with Crippen LogP contribution in [0.25, 0.3) is 22.3 Å². The van der Waals surface area contributed by atoms with E-state index >= 15 is 0 Å². The van der Waals surface area contributed by atoms with Gasteiger partial charge < -0.3 is 15.1 Å². The summed E-state index contributed by atoms with van der Waals surface area (Å²) in [5.41, 5.74) is 4.72. The van der Waals surface area contributed by atoms with Gasteiger partial charge in [0.1, 0.15) is 17.2 Å². The summed E-state index contributed by atoms with van der Waals surface area (Å²) in [6, 6.07) is 17.6. The predicted octanol–water partition coefficient (Wildman–Crippen LogP) is 5.23. The van der Waals surface area contributed by atoms with Crippen molar-refractivity contribution in [3.63, 3.8) is 0 Å². The van der Waals surface area contributed by atoms with Gasteiger partial charge in [-0.1, -0.05) is 12.1 Å². The largest absolute Gasteiger partial charge is 0.351 e. The van der Waals surface area contributed by atoms with Crippen LogP contribution in [-0.2, 0) is 5.88 Å². The average molecular weight is 491 g/mol. The Morgan fingerprint density at radius 3 is 2.49 bits per heavy atom. The number of carbonyl (C=O) groups excluding carboxylic acids is 1. The highest BCUT2D eigenvalue weighted by molar-refractivity contribution is 6.16. The van der Waals surface area contributed by atoms with Gasteiger partial charge in [-0.15, -0.1) is 11.6 Å². The number of anilines is 2. The molecule has 1 N–H and O–H groups in total. The highest BCUT2D eigenvalue weighted by Crippen LogP contribution is 2.27. The Hall–Kier alpha value is -3.78. The number of benzene rings is 2. The van der Waals surface area contributed by atoms with Crippen LogP contribution >= 0.6 is 11.6 Å². The summed E-state index contributed by atoms with van der Waals surface area (Å²) in [5, 5.41) is 2.97. The molecular formula is C26H24ClFN6O. The van der Waals surface area contributed by atoms with Crippen LogP contribution < -0.4 is 10.2 Å². The fourth-order valence-corrected chi connectivity index (χ4v) is 4.27. The minimum absolute atomic E-state index is 0.124. The molecular weight excluding hydrogens is 467 g/mol. The molecule has 2 aromatic heterocycles. The third-order valence-electron chi connectivity index (χ3n) is 5.97. The van der Waals surface area contributed by atoms with Gasteiger partial charge in [-0.2, -0.15) is 0 Å². The van der Waals surface area contributed by atoms with Gasteiger partial charge in [0.15, 0.2) is 5.82 Å². The molecule has 0 bridgehead atoms. The maximum Gasteiger partial charge on any atom is 0.321 e. The Labute approximate surface area is 207 Å². The van der Waals surface area contributed by atoms with E-state index in [-0.39, 0.29) is 17.7 Å². The molecule has 1 aliphatic heterocycles. The maximum absolute atomic E-state index is 13.4. The van der Waals surface area contributed by atoms with Gasteiger partial charge in [-0.05, 0) is 61.0 Å². The van der Waals surface area contributed by atoms with Crippen LogP contribution in [0.4, 0.5) is 20.7 Å². The Morgan fingerprint density at radius 1 is 1.00 bits per heavy atom. The number of hydrogen-bond acceptors (Lipinski definition) is 5. The van der Waals surface area contributed by atoms with E-state index in [2.05, 4.69) is 20.2 Å². The van der Waals surface area contributed by atoms with E-state index in [1.54, 1.807) is 17.0 Å². The number of alkyl halides is 1. The van der Waals surface area contributed by atoms with Crippen molar-refractivity contribution in [1.29, 1.82) is 0 Å². The summed E-state index contributed by atoms with van der Waals surface area (Å²) in [6.45, 7) is 4.26. The predicted molar refractivity (Wildman–Crippen MR) is 136 cm³/mol. The van der Waals surface area contributed by atoms with E-state index in [4.69, 9.17) is 16.6 Å². The molecule has 0 atom stereocenters. The quantitative estimate of drug-likeness (QED) is 0.396. The fourth-order valence-electron chi connectivity index (χ4n) is 4.15. The SMILES string of the molecule is Cc1cccc(NC(=O)N2CCN(c3nc(CCl)nc4ccc(-c5ccc(F)cc5)nc34)CC2)c1. The van der Waals surface area contributed by atoms with Crippen molar-refractivity contribution < 1.29 is 9.18 Å². The first-order valence-corrected chi connectivity index (χ1v) is 11.9. The standard InChI is InChI=1S/C26H24ClFN6O/c1-17-3-2-4-20(15-17)29-26(35)34-13-11-33(12-14-34)25-24-22(30-23(16-27)32-25)10-9-21(31-24)18-5-7-19(28)8-6-18/h2-10,15H,11-14,16H2,1H3,(H,29,35). The third kappa shape index (κ3) is 5.02. The molecule has 5 rings (SSSR count). The molecule has 178 valence electrons. The number of aryl methyl sites for hydroxylation is 1. The summed E-state index contributed by atoms with van der Waals surface area (Å²) < 4.78 is 13.4. The van der Waals surface area contributed by atoms with Crippen molar-refractivity contribution in [3.05, 3.63) is 77.9 Å². The van der Waals surface area contributed by atoms with Gasteiger partial charge >= 0.3 is 6.03 Å². The molecule has 35 heavy (non-hydrogen) atoms. The van der Waals surface area contributed by atoms with Crippen molar-refractivity contribution in [2.75, 3.05) is 36.4 Å². The Bertz CT molecular complexity index is 1370. The van der Waals surface area contributed by atoms with Gasteiger partial charge in [-0.25, -0.2) is 24.1 Å². The molecule has 1 saturated heterocycles. The number of pyridine rings is 1. The summed E-state index contributed by atoms with van der Waals surface area (Å²) in [6.07, 6.45) is 0. The van der Waals surface area contributed by atoms with Gasteiger partial charge in [0, 0.05) is 37.4 Å². The van der Waals surface area contributed by atoms with Crippen molar-refractivity contribution in [2.24, 2.45) is 0 Å². The Morgan fingerprint density at radius 2 is 1.77 bits per heavy atom. The lowest BCUT2D eigenvalue weighted by Gasteiger charge is -2.35. The second-order valence-electron chi connectivity index (χ2n) is 8.44. The molecule has 0 unspecified atom stereocenters. The molecule has 0 saturated carbocycles. The highest BCUT2D eigenvalue weighted by Gasteiger charge is 2.24. The number of piperazine rings is 1. The summed E-state index contributed by atoms with van der Waals surface area (Å²) in [5.74, 6) is 1.09. The lowest BCUT2D eigenvalue weighted by molar-refractivity contribution is 0.208. The minimum atomic E-state index is -0.297. The first kappa shape index (κ1) is 23.0. The minimum Gasteiger partial charge on any atom is -0.351 e. The molecule has 2 amide bonds. The Balaban J connectivity index is 1.38. The summed E-state index contributed by atoms with van der Waals surface area (Å²) >= 11 is 6.07. The normalized spacial score (nSPS) is 13.8. The zero-order valence-electron chi connectivity index (χ0n) is 19.2. The van der Waals surface area contributed by atoms with Gasteiger partial charge in [0.05, 0.1) is 17.1 Å². The van der Waals surface area contributed by atoms with Crippen molar-refractivity contribution in [3.8, 4) is 11.3 Å². The Kier molecular flexibility index (Phi) is 6.46. The summed E-state index contributed by atoms with van der Waals surface area (Å²) in [7, 11) is 0. The first-order chi connectivity index (χ1) is 17.0. The number of rotatable bonds is 4. The molecule has 1 fully saturated rings. The molecule has 0 aliphatic carbocycles. The number of aromatic nitrogens is 3. The second-order valence-corrected chi connectivity index (χ2v) is 8.71. The number of urea groups is 1. The van der Waals surface area contributed by atoms with Crippen LogP contribution in [0.15, 0.2) is 60.7 Å². The molecule has 7 nitrogen and oxygen atoms in total. The second kappa shape index (κ2) is 9.84. The number of halogens is 2. The van der Waals surface area contributed by atoms with E-state index in [1.807, 2.05) is 43.3 Å². The monoisotopic (exact) mass is 490 g/mol. The van der Waals surface area contributed by atoms with E-state index < -0.39 is 0 Å². The molecule has 3 heterocycles. The summed E-state index contributed by atoms with van der Waals surface area (Å²) in [4.78, 5) is 30.7. The lowest BCUT2D eigenvalue weighted by atomic mass is 10.1. The van der Waals surface area contributed by atoms with Crippen LogP contribution in [0.2, 0.25) is 0 Å².